The van der Waals surface area contributed by atoms with E-state index in [1.165, 1.54) is 12.4 Å². The zero-order valence-electron chi connectivity index (χ0n) is 10.4. The summed E-state index contributed by atoms with van der Waals surface area (Å²) in [6.07, 6.45) is 4.24. The second kappa shape index (κ2) is 4.56. The lowest BCUT2D eigenvalue weighted by molar-refractivity contribution is 0.0870. The van der Waals surface area contributed by atoms with Crippen molar-refractivity contribution >= 4 is 11.7 Å². The van der Waals surface area contributed by atoms with Gasteiger partial charge >= 0.3 is 0 Å². The number of aromatic hydroxyl groups is 1. The van der Waals surface area contributed by atoms with Gasteiger partial charge in [-0.25, -0.2) is 9.07 Å². The van der Waals surface area contributed by atoms with Crippen LogP contribution in [0.3, 0.4) is 0 Å². The summed E-state index contributed by atoms with van der Waals surface area (Å²) in [6.45, 7) is 0. The van der Waals surface area contributed by atoms with Gasteiger partial charge in [0.05, 0.1) is 17.3 Å². The van der Waals surface area contributed by atoms with Gasteiger partial charge < -0.3 is 5.11 Å². The van der Waals surface area contributed by atoms with E-state index in [0.29, 0.717) is 0 Å². The quantitative estimate of drug-likeness (QED) is 0.869. The van der Waals surface area contributed by atoms with Crippen molar-refractivity contribution in [1.82, 2.24) is 9.78 Å². The van der Waals surface area contributed by atoms with Crippen molar-refractivity contribution in [3.05, 3.63) is 47.5 Å². The molecule has 5 nitrogen and oxygen atoms in total. The molecule has 1 aliphatic rings. The smallest absolute Gasteiger partial charge is 0.249 e. The molecule has 0 spiro atoms. The Morgan fingerprint density at radius 1 is 1.35 bits per heavy atom. The fourth-order valence-electron chi connectivity index (χ4n) is 1.92. The lowest BCUT2D eigenvalue weighted by Crippen LogP contribution is -2.12. The summed E-state index contributed by atoms with van der Waals surface area (Å²) in [5, 5.41) is 13.4. The Kier molecular flexibility index (Phi) is 2.85. The number of ketones is 1. The predicted octanol–water partition coefficient (Wildman–Crippen LogP) is 2.01. The summed E-state index contributed by atoms with van der Waals surface area (Å²) in [5.41, 5.74) is -0.0108. The third-order valence-electron chi connectivity index (χ3n) is 3.20. The number of nitrogens with zero attached hydrogens (tertiary/aromatic N) is 2. The van der Waals surface area contributed by atoms with Gasteiger partial charge in [-0.2, -0.15) is 5.10 Å². The Morgan fingerprint density at radius 2 is 2.10 bits per heavy atom. The van der Waals surface area contributed by atoms with Crippen LogP contribution >= 0.6 is 0 Å². The van der Waals surface area contributed by atoms with Crippen molar-refractivity contribution in [1.29, 1.82) is 0 Å². The number of rotatable bonds is 3. The summed E-state index contributed by atoms with van der Waals surface area (Å²) in [6, 6.07) is 3.13. The Morgan fingerprint density at radius 3 is 2.80 bits per heavy atom. The number of benzene rings is 1. The molecule has 1 saturated carbocycles. The molecule has 6 heteroatoms. The second-order valence-electron chi connectivity index (χ2n) is 4.78. The highest BCUT2D eigenvalue weighted by atomic mass is 19.1. The van der Waals surface area contributed by atoms with Crippen LogP contribution in [-0.2, 0) is 0 Å². The lowest BCUT2D eigenvalue weighted by atomic mass is 10.1. The third kappa shape index (κ3) is 2.20. The second-order valence-corrected chi connectivity index (χ2v) is 4.78. The van der Waals surface area contributed by atoms with Crippen molar-refractivity contribution in [2.45, 2.75) is 12.8 Å². The zero-order valence-corrected chi connectivity index (χ0v) is 10.4. The highest BCUT2D eigenvalue weighted by Crippen LogP contribution is 2.30. The molecule has 1 N–H and O–H groups in total. The third-order valence-corrected chi connectivity index (χ3v) is 3.20. The normalized spacial score (nSPS) is 14.2. The van der Waals surface area contributed by atoms with Crippen molar-refractivity contribution < 1.29 is 19.1 Å². The molecule has 1 heterocycles. The van der Waals surface area contributed by atoms with Gasteiger partial charge in [0.1, 0.15) is 11.6 Å². The maximum atomic E-state index is 13.1. The molecule has 0 bridgehead atoms. The van der Waals surface area contributed by atoms with Gasteiger partial charge in [-0.3, -0.25) is 9.59 Å². The molecule has 2 aromatic rings. The average molecular weight is 274 g/mol. The van der Waals surface area contributed by atoms with E-state index < -0.39 is 11.6 Å². The van der Waals surface area contributed by atoms with Crippen molar-refractivity contribution in [3.63, 3.8) is 0 Å². The highest BCUT2D eigenvalue weighted by Gasteiger charge is 2.31. The largest absolute Gasteiger partial charge is 0.507 e. The van der Waals surface area contributed by atoms with Crippen LogP contribution in [0.1, 0.15) is 33.6 Å². The number of hydrogen-bond acceptors (Lipinski definition) is 4. The van der Waals surface area contributed by atoms with Crippen LogP contribution in [0.5, 0.6) is 5.75 Å². The number of halogens is 1. The number of carbonyl (C=O) groups excluding carboxylic acids is 2. The molecular weight excluding hydrogens is 263 g/mol. The van der Waals surface area contributed by atoms with Crippen molar-refractivity contribution in [3.8, 4) is 5.75 Å². The summed E-state index contributed by atoms with van der Waals surface area (Å²) in [5.74, 6) is -1.66. The fraction of sp³-hybridized carbons (Fsp3) is 0.214. The Balaban J connectivity index is 1.90. The summed E-state index contributed by atoms with van der Waals surface area (Å²) >= 11 is 0. The van der Waals surface area contributed by atoms with Crippen molar-refractivity contribution in [2.75, 3.05) is 0 Å². The van der Waals surface area contributed by atoms with Gasteiger partial charge in [0, 0.05) is 12.1 Å². The molecule has 1 fully saturated rings. The van der Waals surface area contributed by atoms with E-state index in [4.69, 9.17) is 0 Å². The minimum absolute atomic E-state index is 0.0135. The van der Waals surface area contributed by atoms with Crippen molar-refractivity contribution in [2.24, 2.45) is 5.92 Å². The molecular formula is C14H11FN2O3. The first-order valence-corrected chi connectivity index (χ1v) is 6.18. The standard InChI is InChI=1S/C14H11FN2O3/c15-10-3-4-12(18)11(5-10)13(19)9-6-16-17(7-9)14(20)8-1-2-8/h3-8,18H,1-2H2. The number of phenols is 1. The maximum Gasteiger partial charge on any atom is 0.249 e. The predicted molar refractivity (Wildman–Crippen MR) is 67.1 cm³/mol. The first-order chi connectivity index (χ1) is 9.56. The number of aromatic nitrogens is 2. The van der Waals surface area contributed by atoms with Crippen LogP contribution in [0.15, 0.2) is 30.6 Å². The van der Waals surface area contributed by atoms with Crippen LogP contribution in [-0.4, -0.2) is 26.6 Å². The van der Waals surface area contributed by atoms with E-state index in [0.717, 1.165) is 35.7 Å². The number of hydrogen-bond donors (Lipinski definition) is 1. The van der Waals surface area contributed by atoms with E-state index in [2.05, 4.69) is 5.10 Å². The summed E-state index contributed by atoms with van der Waals surface area (Å²) in [7, 11) is 0. The number of carbonyl (C=O) groups is 2. The Bertz CT molecular complexity index is 704. The van der Waals surface area contributed by atoms with E-state index in [1.54, 1.807) is 0 Å². The minimum atomic E-state index is -0.618. The summed E-state index contributed by atoms with van der Waals surface area (Å²) < 4.78 is 14.3. The van der Waals surface area contributed by atoms with Crippen LogP contribution in [0.4, 0.5) is 4.39 Å². The molecule has 0 amide bonds. The molecule has 20 heavy (non-hydrogen) atoms. The van der Waals surface area contributed by atoms with Gasteiger partial charge in [-0.05, 0) is 31.0 Å². The monoisotopic (exact) mass is 274 g/mol. The molecule has 0 radical (unpaired) electrons. The molecule has 0 saturated heterocycles. The highest BCUT2D eigenvalue weighted by molar-refractivity contribution is 6.10. The summed E-state index contributed by atoms with van der Waals surface area (Å²) in [4.78, 5) is 23.9. The Hall–Kier alpha value is -2.50. The first-order valence-electron chi connectivity index (χ1n) is 6.18. The molecule has 3 rings (SSSR count). The fourth-order valence-corrected chi connectivity index (χ4v) is 1.92. The van der Waals surface area contributed by atoms with Gasteiger partial charge in [-0.15, -0.1) is 0 Å². The molecule has 1 aromatic carbocycles. The molecule has 0 aliphatic heterocycles. The first kappa shape index (κ1) is 12.5. The van der Waals surface area contributed by atoms with Gasteiger partial charge in [0.25, 0.3) is 0 Å². The topological polar surface area (TPSA) is 72.2 Å². The van der Waals surface area contributed by atoms with E-state index >= 15 is 0 Å². The zero-order chi connectivity index (χ0) is 14.3. The van der Waals surface area contributed by atoms with Gasteiger partial charge in [0.15, 0.2) is 5.78 Å². The van der Waals surface area contributed by atoms with Gasteiger partial charge in [-0.1, -0.05) is 0 Å². The SMILES string of the molecule is O=C(c1cnn(C(=O)C2CC2)c1)c1cc(F)ccc1O. The van der Waals surface area contributed by atoms with Crippen LogP contribution in [0.2, 0.25) is 0 Å². The number of phenolic OH excluding ortho intramolecular Hbond substituents is 1. The van der Waals surface area contributed by atoms with Crippen LogP contribution in [0.25, 0.3) is 0 Å². The molecule has 0 unspecified atom stereocenters. The maximum absolute atomic E-state index is 13.1. The Labute approximate surface area is 113 Å². The molecule has 1 aromatic heterocycles. The minimum Gasteiger partial charge on any atom is -0.507 e. The average Bonchev–Trinajstić information content (AvgIpc) is 3.17. The van der Waals surface area contributed by atoms with Gasteiger partial charge in [0.2, 0.25) is 5.91 Å². The molecule has 1 aliphatic carbocycles. The van der Waals surface area contributed by atoms with E-state index in [9.17, 15) is 19.1 Å². The van der Waals surface area contributed by atoms with E-state index in [1.807, 2.05) is 0 Å². The van der Waals surface area contributed by atoms with Crippen LogP contribution < -0.4 is 0 Å². The molecule has 0 atom stereocenters. The lowest BCUT2D eigenvalue weighted by Gasteiger charge is -2.01. The van der Waals surface area contributed by atoms with E-state index in [-0.39, 0.29) is 28.7 Å². The molecule has 102 valence electrons. The van der Waals surface area contributed by atoms with Crippen LogP contribution in [0, 0.1) is 11.7 Å².